The van der Waals surface area contributed by atoms with Crippen LogP contribution in [0.3, 0.4) is 0 Å². The van der Waals surface area contributed by atoms with Gasteiger partial charge in [-0.05, 0) is 36.8 Å². The maximum Gasteiger partial charge on any atom is 0.161 e. The second kappa shape index (κ2) is 5.99. The van der Waals surface area contributed by atoms with E-state index < -0.39 is 0 Å². The van der Waals surface area contributed by atoms with Gasteiger partial charge < -0.3 is 0 Å². The Bertz CT molecular complexity index is 385. The van der Waals surface area contributed by atoms with Crippen LogP contribution in [0.1, 0.15) is 29.3 Å². The number of allylic oxidation sites excluding steroid dienone is 1. The number of hydrogen-bond donors (Lipinski definition) is 1. The number of rotatable bonds is 4. The topological polar surface area (TPSA) is 17.1 Å². The monoisotopic (exact) mass is 240 g/mol. The summed E-state index contributed by atoms with van der Waals surface area (Å²) in [5, 5.41) is 0.510. The van der Waals surface area contributed by atoms with Crippen molar-refractivity contribution in [1.29, 1.82) is 0 Å². The summed E-state index contributed by atoms with van der Waals surface area (Å²) in [6.45, 7) is 1.51. The molecular formula is C12H13ClOS. The minimum Gasteiger partial charge on any atom is -0.294 e. The van der Waals surface area contributed by atoms with Crippen molar-refractivity contribution >= 4 is 36.1 Å². The van der Waals surface area contributed by atoms with Crippen LogP contribution in [-0.2, 0) is 0 Å². The number of carbonyl (C=O) groups excluding carboxylic acids is 1. The molecule has 0 aliphatic heterocycles. The van der Waals surface area contributed by atoms with E-state index in [0.717, 1.165) is 17.7 Å². The first-order chi connectivity index (χ1) is 7.15. The van der Waals surface area contributed by atoms with Crippen LogP contribution in [0.15, 0.2) is 24.3 Å². The predicted molar refractivity (Wildman–Crippen MR) is 69.0 cm³/mol. The van der Waals surface area contributed by atoms with Crippen LogP contribution in [0.5, 0.6) is 0 Å². The smallest absolute Gasteiger partial charge is 0.161 e. The SMILES string of the molecule is CC(=O)c1ccc(C=CCCS)cc1Cl. The summed E-state index contributed by atoms with van der Waals surface area (Å²) < 4.78 is 0. The highest BCUT2D eigenvalue weighted by atomic mass is 35.5. The summed E-state index contributed by atoms with van der Waals surface area (Å²) in [6, 6.07) is 5.44. The van der Waals surface area contributed by atoms with Crippen LogP contribution in [0.2, 0.25) is 5.02 Å². The van der Waals surface area contributed by atoms with Crippen molar-refractivity contribution in [2.24, 2.45) is 0 Å². The second-order valence-electron chi connectivity index (χ2n) is 3.21. The Morgan fingerprint density at radius 2 is 2.27 bits per heavy atom. The fourth-order valence-electron chi connectivity index (χ4n) is 1.21. The van der Waals surface area contributed by atoms with E-state index in [2.05, 4.69) is 12.6 Å². The number of carbonyl (C=O) groups is 1. The number of benzene rings is 1. The molecule has 1 aromatic rings. The largest absolute Gasteiger partial charge is 0.294 e. The molecule has 0 fully saturated rings. The van der Waals surface area contributed by atoms with Crippen molar-refractivity contribution in [3.8, 4) is 0 Å². The molecule has 0 saturated carbocycles. The molecular weight excluding hydrogens is 228 g/mol. The summed E-state index contributed by atoms with van der Waals surface area (Å²) in [5.74, 6) is 0.821. The first-order valence-corrected chi connectivity index (χ1v) is 5.74. The molecule has 80 valence electrons. The van der Waals surface area contributed by atoms with E-state index in [1.165, 1.54) is 6.92 Å². The molecule has 1 nitrogen and oxygen atoms in total. The van der Waals surface area contributed by atoms with Crippen molar-refractivity contribution < 1.29 is 4.79 Å². The maximum atomic E-state index is 11.1. The standard InChI is InChI=1S/C12H13ClOS/c1-9(14)11-6-5-10(8-12(11)13)4-2-3-7-15/h2,4-6,8,15H,3,7H2,1H3. The Morgan fingerprint density at radius 1 is 1.53 bits per heavy atom. The molecule has 0 radical (unpaired) electrons. The van der Waals surface area contributed by atoms with E-state index in [0.29, 0.717) is 10.6 Å². The van der Waals surface area contributed by atoms with Crippen LogP contribution >= 0.6 is 24.2 Å². The molecule has 15 heavy (non-hydrogen) atoms. The van der Waals surface area contributed by atoms with Gasteiger partial charge in [-0.2, -0.15) is 12.6 Å². The van der Waals surface area contributed by atoms with E-state index >= 15 is 0 Å². The normalized spacial score (nSPS) is 10.9. The Labute approximate surface area is 101 Å². The number of halogens is 1. The summed E-state index contributed by atoms with van der Waals surface area (Å²) in [5.41, 5.74) is 1.58. The molecule has 3 heteroatoms. The average molecular weight is 241 g/mol. The van der Waals surface area contributed by atoms with Gasteiger partial charge in [-0.3, -0.25) is 4.79 Å². The zero-order valence-corrected chi connectivity index (χ0v) is 10.2. The van der Waals surface area contributed by atoms with Crippen molar-refractivity contribution in [3.63, 3.8) is 0 Å². The van der Waals surface area contributed by atoms with Gasteiger partial charge in [0, 0.05) is 5.56 Å². The van der Waals surface area contributed by atoms with Crippen molar-refractivity contribution in [2.45, 2.75) is 13.3 Å². The van der Waals surface area contributed by atoms with Gasteiger partial charge >= 0.3 is 0 Å². The molecule has 0 aromatic heterocycles. The zero-order chi connectivity index (χ0) is 11.3. The molecule has 0 bridgehead atoms. The molecule has 0 aliphatic carbocycles. The second-order valence-corrected chi connectivity index (χ2v) is 4.06. The quantitative estimate of drug-likeness (QED) is 0.625. The third-order valence-corrected chi connectivity index (χ3v) is 2.55. The summed E-state index contributed by atoms with van der Waals surface area (Å²) in [6.07, 6.45) is 4.94. The molecule has 1 rings (SSSR count). The first kappa shape index (κ1) is 12.3. The van der Waals surface area contributed by atoms with Crippen LogP contribution in [0.4, 0.5) is 0 Å². The van der Waals surface area contributed by atoms with E-state index in [1.807, 2.05) is 18.2 Å². The highest BCUT2D eigenvalue weighted by Gasteiger charge is 2.04. The van der Waals surface area contributed by atoms with Gasteiger partial charge in [0.2, 0.25) is 0 Å². The molecule has 0 amide bonds. The number of hydrogen-bond acceptors (Lipinski definition) is 2. The summed E-state index contributed by atoms with van der Waals surface area (Å²) >= 11 is 10.1. The fraction of sp³-hybridized carbons (Fsp3) is 0.250. The van der Waals surface area contributed by atoms with E-state index in [-0.39, 0.29) is 5.78 Å². The summed E-state index contributed by atoms with van der Waals surface area (Å²) in [7, 11) is 0. The fourth-order valence-corrected chi connectivity index (χ4v) is 1.69. The first-order valence-electron chi connectivity index (χ1n) is 4.73. The molecule has 0 unspecified atom stereocenters. The highest BCUT2D eigenvalue weighted by Crippen LogP contribution is 2.19. The Balaban J connectivity index is 2.87. The molecule has 0 heterocycles. The molecule has 0 aliphatic rings. The molecule has 0 N–H and O–H groups in total. The maximum absolute atomic E-state index is 11.1. The molecule has 0 spiro atoms. The van der Waals surface area contributed by atoms with E-state index in [9.17, 15) is 4.79 Å². The van der Waals surface area contributed by atoms with Crippen LogP contribution in [0.25, 0.3) is 6.08 Å². The van der Waals surface area contributed by atoms with Gasteiger partial charge in [-0.25, -0.2) is 0 Å². The third-order valence-electron chi connectivity index (χ3n) is 1.98. The lowest BCUT2D eigenvalue weighted by molar-refractivity contribution is 0.101. The van der Waals surface area contributed by atoms with Crippen LogP contribution < -0.4 is 0 Å². The van der Waals surface area contributed by atoms with Crippen molar-refractivity contribution in [1.82, 2.24) is 0 Å². The van der Waals surface area contributed by atoms with Gasteiger partial charge in [0.05, 0.1) is 5.02 Å². The average Bonchev–Trinajstić information content (AvgIpc) is 2.17. The number of Topliss-reactive ketones (excluding diaryl/α,β-unsaturated/α-hetero) is 1. The molecule has 0 saturated heterocycles. The summed E-state index contributed by atoms with van der Waals surface area (Å²) in [4.78, 5) is 11.1. The zero-order valence-electron chi connectivity index (χ0n) is 8.53. The predicted octanol–water partition coefficient (Wildman–Crippen LogP) is 3.88. The van der Waals surface area contributed by atoms with E-state index in [4.69, 9.17) is 11.6 Å². The number of ketones is 1. The van der Waals surface area contributed by atoms with Gasteiger partial charge in [0.15, 0.2) is 5.78 Å². The minimum atomic E-state index is -0.00844. The van der Waals surface area contributed by atoms with Crippen LogP contribution in [-0.4, -0.2) is 11.5 Å². The molecule has 1 aromatic carbocycles. The van der Waals surface area contributed by atoms with Crippen LogP contribution in [0, 0.1) is 0 Å². The lowest BCUT2D eigenvalue weighted by Crippen LogP contribution is -1.92. The van der Waals surface area contributed by atoms with E-state index in [1.54, 1.807) is 12.1 Å². The highest BCUT2D eigenvalue weighted by molar-refractivity contribution is 7.80. The molecule has 0 atom stereocenters. The number of thiol groups is 1. The Morgan fingerprint density at radius 3 is 2.80 bits per heavy atom. The van der Waals surface area contributed by atoms with Gasteiger partial charge in [-0.1, -0.05) is 29.8 Å². The third kappa shape index (κ3) is 3.73. The van der Waals surface area contributed by atoms with Crippen molar-refractivity contribution in [3.05, 3.63) is 40.4 Å². The van der Waals surface area contributed by atoms with Crippen molar-refractivity contribution in [2.75, 3.05) is 5.75 Å². The van der Waals surface area contributed by atoms with Gasteiger partial charge in [0.25, 0.3) is 0 Å². The Kier molecular flexibility index (Phi) is 4.92. The van der Waals surface area contributed by atoms with Gasteiger partial charge in [0.1, 0.15) is 0 Å². The Hall–Kier alpha value is -0.730. The lowest BCUT2D eigenvalue weighted by Gasteiger charge is -2.00. The lowest BCUT2D eigenvalue weighted by atomic mass is 10.1. The van der Waals surface area contributed by atoms with Gasteiger partial charge in [-0.15, -0.1) is 0 Å². The minimum absolute atomic E-state index is 0.00844.